The van der Waals surface area contributed by atoms with E-state index in [2.05, 4.69) is 15.9 Å². The lowest BCUT2D eigenvalue weighted by Crippen LogP contribution is -2.49. The largest absolute Gasteiger partial charge is 0.273 e. The van der Waals surface area contributed by atoms with Crippen LogP contribution in [0.1, 0.15) is 28.8 Å². The maximum atomic E-state index is 13.3. The van der Waals surface area contributed by atoms with Crippen molar-refractivity contribution in [2.75, 3.05) is 0 Å². The highest BCUT2D eigenvalue weighted by molar-refractivity contribution is 9.10. The minimum absolute atomic E-state index is 0.110. The van der Waals surface area contributed by atoms with Crippen molar-refractivity contribution in [3.63, 3.8) is 0 Å². The van der Waals surface area contributed by atoms with Crippen molar-refractivity contribution in [3.05, 3.63) is 81.3 Å². The molecule has 0 spiro atoms. The first-order valence-corrected chi connectivity index (χ1v) is 10.5. The summed E-state index contributed by atoms with van der Waals surface area (Å²) in [5.41, 5.74) is 1.17. The molecule has 2 aromatic rings. The molecule has 7 heteroatoms. The number of rotatable bonds is 4. The van der Waals surface area contributed by atoms with Crippen LogP contribution in [-0.2, 0) is 16.1 Å². The van der Waals surface area contributed by atoms with Crippen LogP contribution in [0.15, 0.2) is 65.2 Å². The van der Waals surface area contributed by atoms with Gasteiger partial charge in [0, 0.05) is 15.1 Å². The van der Waals surface area contributed by atoms with Gasteiger partial charge in [0.05, 0.1) is 18.4 Å². The van der Waals surface area contributed by atoms with Gasteiger partial charge in [0.25, 0.3) is 17.7 Å². The van der Waals surface area contributed by atoms with E-state index in [1.165, 1.54) is 5.01 Å². The van der Waals surface area contributed by atoms with Crippen molar-refractivity contribution in [1.82, 2.24) is 10.0 Å². The lowest BCUT2D eigenvalue weighted by Gasteiger charge is -2.30. The van der Waals surface area contributed by atoms with Gasteiger partial charge in [-0.2, -0.15) is 5.01 Å². The quantitative estimate of drug-likeness (QED) is 0.481. The summed E-state index contributed by atoms with van der Waals surface area (Å²) in [6.45, 7) is 0.110. The van der Waals surface area contributed by atoms with Gasteiger partial charge in [0.2, 0.25) is 0 Å². The van der Waals surface area contributed by atoms with Crippen molar-refractivity contribution in [2.24, 2.45) is 11.8 Å². The Balaban J connectivity index is 1.70. The third-order valence-electron chi connectivity index (χ3n) is 5.30. The summed E-state index contributed by atoms with van der Waals surface area (Å²) in [4.78, 5) is 39.5. The molecule has 1 aliphatic carbocycles. The second-order valence-electron chi connectivity index (χ2n) is 7.14. The fraction of sp³-hybridized carbons (Fsp3) is 0.227. The molecule has 0 N–H and O–H groups in total. The summed E-state index contributed by atoms with van der Waals surface area (Å²) >= 11 is 9.33. The summed E-state index contributed by atoms with van der Waals surface area (Å²) in [6.07, 6.45) is 4.89. The molecule has 148 valence electrons. The van der Waals surface area contributed by atoms with Crippen molar-refractivity contribution in [3.8, 4) is 0 Å². The molecule has 1 fully saturated rings. The number of carbonyl (C=O) groups excluding carboxylic acids is 3. The van der Waals surface area contributed by atoms with E-state index in [4.69, 9.17) is 11.6 Å². The molecule has 1 saturated heterocycles. The van der Waals surface area contributed by atoms with E-state index in [-0.39, 0.29) is 18.4 Å². The number of hydrogen-bond acceptors (Lipinski definition) is 3. The van der Waals surface area contributed by atoms with Crippen molar-refractivity contribution < 1.29 is 14.4 Å². The number of nitrogens with zero attached hydrogens (tertiary/aromatic N) is 2. The highest BCUT2D eigenvalue weighted by atomic mass is 79.9. The van der Waals surface area contributed by atoms with Gasteiger partial charge in [0.1, 0.15) is 0 Å². The first-order chi connectivity index (χ1) is 14.0. The van der Waals surface area contributed by atoms with Crippen LogP contribution in [0.25, 0.3) is 0 Å². The summed E-state index contributed by atoms with van der Waals surface area (Å²) < 4.78 is 0.905. The Morgan fingerprint density at radius 3 is 2.07 bits per heavy atom. The molecule has 0 radical (unpaired) electrons. The van der Waals surface area contributed by atoms with E-state index in [9.17, 15) is 14.4 Å². The Morgan fingerprint density at radius 2 is 1.52 bits per heavy atom. The zero-order valence-electron chi connectivity index (χ0n) is 15.4. The monoisotopic (exact) mass is 472 g/mol. The summed E-state index contributed by atoms with van der Waals surface area (Å²) in [7, 11) is 0. The highest BCUT2D eigenvalue weighted by Crippen LogP contribution is 2.36. The number of hydrazine groups is 1. The highest BCUT2D eigenvalue weighted by Gasteiger charge is 2.50. The van der Waals surface area contributed by atoms with E-state index < -0.39 is 17.7 Å². The second-order valence-corrected chi connectivity index (χ2v) is 8.49. The summed E-state index contributed by atoms with van der Waals surface area (Å²) in [5, 5.41) is 2.82. The van der Waals surface area contributed by atoms with Gasteiger partial charge >= 0.3 is 0 Å². The summed E-state index contributed by atoms with van der Waals surface area (Å²) in [5.74, 6) is -1.86. The number of amides is 3. The smallest absolute Gasteiger partial charge is 0.272 e. The van der Waals surface area contributed by atoms with Crippen LogP contribution in [0, 0.1) is 11.8 Å². The minimum atomic E-state index is -0.419. The molecule has 2 aromatic carbocycles. The number of carbonyl (C=O) groups is 3. The fourth-order valence-corrected chi connectivity index (χ4v) is 4.15. The molecule has 2 aliphatic rings. The lowest BCUT2D eigenvalue weighted by molar-refractivity contribution is -0.155. The van der Waals surface area contributed by atoms with Gasteiger partial charge in [-0.3, -0.25) is 14.4 Å². The first kappa shape index (κ1) is 19.9. The van der Waals surface area contributed by atoms with Gasteiger partial charge < -0.3 is 0 Å². The van der Waals surface area contributed by atoms with Gasteiger partial charge in [-0.05, 0) is 54.8 Å². The molecule has 0 unspecified atom stereocenters. The predicted octanol–water partition coefficient (Wildman–Crippen LogP) is 4.61. The number of imide groups is 1. The van der Waals surface area contributed by atoms with Crippen LogP contribution in [-0.4, -0.2) is 27.7 Å². The molecule has 1 aliphatic heterocycles. The lowest BCUT2D eigenvalue weighted by atomic mass is 9.85. The van der Waals surface area contributed by atoms with E-state index in [0.717, 1.165) is 15.0 Å². The molecule has 0 aromatic heterocycles. The Morgan fingerprint density at radius 1 is 0.966 bits per heavy atom. The van der Waals surface area contributed by atoms with Gasteiger partial charge in [-0.15, -0.1) is 0 Å². The summed E-state index contributed by atoms with van der Waals surface area (Å²) in [6, 6.07) is 13.8. The third-order valence-corrected chi connectivity index (χ3v) is 6.08. The van der Waals surface area contributed by atoms with E-state index in [1.807, 2.05) is 36.4 Å². The van der Waals surface area contributed by atoms with Crippen LogP contribution < -0.4 is 0 Å². The fourth-order valence-electron chi connectivity index (χ4n) is 3.76. The topological polar surface area (TPSA) is 57.7 Å². The Hall–Kier alpha value is -2.44. The molecular weight excluding hydrogens is 456 g/mol. The molecular formula is C22H18BrClN2O3. The third kappa shape index (κ3) is 3.87. The molecule has 2 atom stereocenters. The van der Waals surface area contributed by atoms with Crippen molar-refractivity contribution in [2.45, 2.75) is 19.4 Å². The Kier molecular flexibility index (Phi) is 5.56. The molecule has 0 bridgehead atoms. The maximum absolute atomic E-state index is 13.3. The SMILES string of the molecule is O=C(c1ccc(Cl)cc1)N(Cc1ccc(Br)cc1)N1C(=O)[C@H]2CC=CC[C@H]2C1=O. The molecule has 29 heavy (non-hydrogen) atoms. The van der Waals surface area contributed by atoms with Crippen LogP contribution >= 0.6 is 27.5 Å². The maximum Gasteiger partial charge on any atom is 0.273 e. The normalized spacial score (nSPS) is 20.7. The van der Waals surface area contributed by atoms with Crippen molar-refractivity contribution in [1.29, 1.82) is 0 Å². The molecule has 1 heterocycles. The van der Waals surface area contributed by atoms with Gasteiger partial charge in [-0.25, -0.2) is 5.01 Å². The van der Waals surface area contributed by atoms with Gasteiger partial charge in [-0.1, -0.05) is 51.8 Å². The second kappa shape index (κ2) is 8.13. The molecule has 0 saturated carbocycles. The number of hydrogen-bond donors (Lipinski definition) is 0. The minimum Gasteiger partial charge on any atom is -0.272 e. The van der Waals surface area contributed by atoms with Crippen molar-refractivity contribution >= 4 is 45.3 Å². The zero-order chi connectivity index (χ0) is 20.5. The number of halogens is 2. The van der Waals surface area contributed by atoms with Crippen LogP contribution in [0.2, 0.25) is 5.02 Å². The number of fused-ring (bicyclic) bond motifs is 1. The molecule has 5 nitrogen and oxygen atoms in total. The molecule has 3 amide bonds. The number of benzene rings is 2. The standard InChI is InChI=1S/C22H18BrClN2O3/c23-16-9-5-14(6-10-16)13-25(20(27)15-7-11-17(24)12-8-15)26-21(28)18-3-1-2-4-19(18)22(26)29/h1-2,5-12,18-19H,3-4,13H2/t18-,19+. The van der Waals surface area contributed by atoms with Crippen LogP contribution in [0.5, 0.6) is 0 Å². The van der Waals surface area contributed by atoms with E-state index in [0.29, 0.717) is 23.4 Å². The first-order valence-electron chi connectivity index (χ1n) is 9.30. The number of allylic oxidation sites excluding steroid dienone is 2. The Labute approximate surface area is 182 Å². The average Bonchev–Trinajstić information content (AvgIpc) is 2.98. The van der Waals surface area contributed by atoms with E-state index >= 15 is 0 Å². The molecule has 4 rings (SSSR count). The van der Waals surface area contributed by atoms with Gasteiger partial charge in [0.15, 0.2) is 0 Å². The van der Waals surface area contributed by atoms with Crippen LogP contribution in [0.3, 0.4) is 0 Å². The predicted molar refractivity (Wildman–Crippen MR) is 113 cm³/mol. The van der Waals surface area contributed by atoms with E-state index in [1.54, 1.807) is 24.3 Å². The average molecular weight is 474 g/mol. The Bertz CT molecular complexity index is 962. The zero-order valence-corrected chi connectivity index (χ0v) is 17.8. The van der Waals surface area contributed by atoms with Crippen LogP contribution in [0.4, 0.5) is 0 Å².